The summed E-state index contributed by atoms with van der Waals surface area (Å²) >= 11 is 0. The van der Waals surface area contributed by atoms with E-state index in [1.165, 1.54) is 6.07 Å². The molecule has 0 amide bonds. The van der Waals surface area contributed by atoms with Gasteiger partial charge in [-0.3, -0.25) is 10.1 Å². The van der Waals surface area contributed by atoms with Crippen LogP contribution in [0.1, 0.15) is 32.6 Å². The minimum atomic E-state index is -0.378. The van der Waals surface area contributed by atoms with Crippen molar-refractivity contribution in [2.24, 2.45) is 5.73 Å². The molecule has 0 atom stereocenters. The number of nitrogens with two attached hydrogens (primary N) is 1. The van der Waals surface area contributed by atoms with Crippen molar-refractivity contribution in [1.29, 1.82) is 0 Å². The molecule has 0 radical (unpaired) electrons. The number of hydrogen-bond donors (Lipinski definition) is 1. The van der Waals surface area contributed by atoms with E-state index in [4.69, 9.17) is 10.5 Å². The highest BCUT2D eigenvalue weighted by Gasteiger charge is 2.23. The summed E-state index contributed by atoms with van der Waals surface area (Å²) < 4.78 is 5.44. The number of anilines is 1. The van der Waals surface area contributed by atoms with Gasteiger partial charge in [-0.1, -0.05) is 0 Å². The van der Waals surface area contributed by atoms with Gasteiger partial charge in [-0.15, -0.1) is 0 Å². The SMILES string of the molecule is CCOc1cc(N(C)C2CCC(N)CC2)cc([N+](=O)[O-])c1. The molecule has 0 aliphatic heterocycles. The predicted molar refractivity (Wildman–Crippen MR) is 82.9 cm³/mol. The van der Waals surface area contributed by atoms with E-state index >= 15 is 0 Å². The van der Waals surface area contributed by atoms with Gasteiger partial charge in [0.2, 0.25) is 0 Å². The average Bonchev–Trinajstić information content (AvgIpc) is 2.47. The van der Waals surface area contributed by atoms with E-state index in [9.17, 15) is 10.1 Å². The summed E-state index contributed by atoms with van der Waals surface area (Å²) in [4.78, 5) is 12.8. The van der Waals surface area contributed by atoms with E-state index in [0.29, 0.717) is 24.4 Å². The van der Waals surface area contributed by atoms with Crippen LogP contribution in [0.15, 0.2) is 18.2 Å². The molecule has 0 unspecified atom stereocenters. The number of rotatable bonds is 5. The molecule has 0 aromatic heterocycles. The Morgan fingerprint density at radius 3 is 2.57 bits per heavy atom. The van der Waals surface area contributed by atoms with Gasteiger partial charge >= 0.3 is 0 Å². The molecule has 1 aliphatic rings. The fourth-order valence-corrected chi connectivity index (χ4v) is 2.83. The van der Waals surface area contributed by atoms with Crippen molar-refractivity contribution >= 4 is 11.4 Å². The van der Waals surface area contributed by atoms with Crippen molar-refractivity contribution in [1.82, 2.24) is 0 Å². The maximum atomic E-state index is 11.1. The number of benzene rings is 1. The molecule has 116 valence electrons. The summed E-state index contributed by atoms with van der Waals surface area (Å²) in [6.07, 6.45) is 4.04. The van der Waals surface area contributed by atoms with Crippen molar-refractivity contribution in [3.8, 4) is 5.75 Å². The third kappa shape index (κ3) is 3.85. The monoisotopic (exact) mass is 293 g/mol. The van der Waals surface area contributed by atoms with Gasteiger partial charge in [0.1, 0.15) is 5.75 Å². The van der Waals surface area contributed by atoms with Gasteiger partial charge in [-0.25, -0.2) is 0 Å². The van der Waals surface area contributed by atoms with Crippen LogP contribution in [-0.2, 0) is 0 Å². The summed E-state index contributed by atoms with van der Waals surface area (Å²) in [5, 5.41) is 11.1. The fraction of sp³-hybridized carbons (Fsp3) is 0.600. The van der Waals surface area contributed by atoms with Crippen molar-refractivity contribution in [2.45, 2.75) is 44.7 Å². The maximum Gasteiger partial charge on any atom is 0.275 e. The topological polar surface area (TPSA) is 81.6 Å². The molecule has 0 saturated heterocycles. The van der Waals surface area contributed by atoms with Crippen LogP contribution in [0.5, 0.6) is 5.75 Å². The van der Waals surface area contributed by atoms with Gasteiger partial charge in [-0.2, -0.15) is 0 Å². The number of nitro groups is 1. The molecule has 0 spiro atoms. The molecule has 0 bridgehead atoms. The van der Waals surface area contributed by atoms with Crippen LogP contribution in [0.2, 0.25) is 0 Å². The summed E-state index contributed by atoms with van der Waals surface area (Å²) in [6, 6.07) is 5.61. The second-order valence-corrected chi connectivity index (χ2v) is 5.55. The van der Waals surface area contributed by atoms with E-state index in [1.54, 1.807) is 6.07 Å². The maximum absolute atomic E-state index is 11.1. The second-order valence-electron chi connectivity index (χ2n) is 5.55. The first-order valence-electron chi connectivity index (χ1n) is 7.42. The molecular weight excluding hydrogens is 270 g/mol. The molecular formula is C15H23N3O3. The van der Waals surface area contributed by atoms with Crippen molar-refractivity contribution in [3.05, 3.63) is 28.3 Å². The Labute approximate surface area is 125 Å². The normalized spacial score (nSPS) is 21.9. The van der Waals surface area contributed by atoms with E-state index in [2.05, 4.69) is 4.90 Å². The fourth-order valence-electron chi connectivity index (χ4n) is 2.83. The van der Waals surface area contributed by atoms with Gasteiger partial charge in [-0.05, 0) is 32.6 Å². The number of non-ortho nitro benzene ring substituents is 1. The van der Waals surface area contributed by atoms with E-state index in [0.717, 1.165) is 31.4 Å². The highest BCUT2D eigenvalue weighted by atomic mass is 16.6. The third-order valence-electron chi connectivity index (χ3n) is 4.09. The molecule has 21 heavy (non-hydrogen) atoms. The summed E-state index contributed by atoms with van der Waals surface area (Å²) in [6.45, 7) is 2.35. The van der Waals surface area contributed by atoms with Gasteiger partial charge in [0, 0.05) is 37.0 Å². The molecule has 6 nitrogen and oxygen atoms in total. The highest BCUT2D eigenvalue weighted by Crippen LogP contribution is 2.32. The summed E-state index contributed by atoms with van der Waals surface area (Å²) in [5.41, 5.74) is 6.83. The van der Waals surface area contributed by atoms with E-state index in [-0.39, 0.29) is 10.6 Å². The standard InChI is InChI=1S/C15H23N3O3/c1-3-21-15-9-13(8-14(10-15)18(19)20)17(2)12-6-4-11(16)5-7-12/h8-12H,3-7,16H2,1-2H3. The molecule has 0 heterocycles. The lowest BCUT2D eigenvalue weighted by molar-refractivity contribution is -0.384. The predicted octanol–water partition coefficient (Wildman–Crippen LogP) is 2.70. The molecule has 1 aliphatic carbocycles. The Kier molecular flexibility index (Phi) is 5.01. The van der Waals surface area contributed by atoms with Gasteiger partial charge < -0.3 is 15.4 Å². The Balaban J connectivity index is 2.22. The lowest BCUT2D eigenvalue weighted by atomic mass is 9.91. The first kappa shape index (κ1) is 15.6. The Morgan fingerprint density at radius 2 is 2.00 bits per heavy atom. The lowest BCUT2D eigenvalue weighted by Crippen LogP contribution is -2.38. The van der Waals surface area contributed by atoms with E-state index < -0.39 is 0 Å². The quantitative estimate of drug-likeness (QED) is 0.666. The van der Waals surface area contributed by atoms with Crippen LogP contribution >= 0.6 is 0 Å². The lowest BCUT2D eigenvalue weighted by Gasteiger charge is -2.35. The number of nitro benzene ring substituents is 1. The first-order chi connectivity index (χ1) is 10.0. The van der Waals surface area contributed by atoms with Crippen LogP contribution in [0.25, 0.3) is 0 Å². The minimum Gasteiger partial charge on any atom is -0.494 e. The number of ether oxygens (including phenoxy) is 1. The van der Waals surface area contributed by atoms with E-state index in [1.807, 2.05) is 20.0 Å². The van der Waals surface area contributed by atoms with Crippen LogP contribution < -0.4 is 15.4 Å². The van der Waals surface area contributed by atoms with Crippen molar-refractivity contribution < 1.29 is 9.66 Å². The van der Waals surface area contributed by atoms with Gasteiger partial charge in [0.05, 0.1) is 17.6 Å². The third-order valence-corrected chi connectivity index (χ3v) is 4.09. The smallest absolute Gasteiger partial charge is 0.275 e. The molecule has 6 heteroatoms. The molecule has 1 fully saturated rings. The van der Waals surface area contributed by atoms with Crippen molar-refractivity contribution in [2.75, 3.05) is 18.6 Å². The number of nitrogens with zero attached hydrogens (tertiary/aromatic N) is 2. The van der Waals surface area contributed by atoms with Crippen molar-refractivity contribution in [3.63, 3.8) is 0 Å². The molecule has 2 rings (SSSR count). The van der Waals surface area contributed by atoms with Crippen LogP contribution in [0.4, 0.5) is 11.4 Å². The van der Waals surface area contributed by atoms with Crippen LogP contribution in [-0.4, -0.2) is 30.7 Å². The average molecular weight is 293 g/mol. The van der Waals surface area contributed by atoms with Gasteiger partial charge in [0.15, 0.2) is 0 Å². The zero-order valence-corrected chi connectivity index (χ0v) is 12.6. The summed E-state index contributed by atoms with van der Waals surface area (Å²) in [5.74, 6) is 0.543. The van der Waals surface area contributed by atoms with Crippen LogP contribution in [0.3, 0.4) is 0 Å². The van der Waals surface area contributed by atoms with Crippen LogP contribution in [0, 0.1) is 10.1 Å². The minimum absolute atomic E-state index is 0.0651. The molecule has 1 aromatic carbocycles. The molecule has 1 aromatic rings. The Hall–Kier alpha value is -1.82. The van der Waals surface area contributed by atoms with Gasteiger partial charge in [0.25, 0.3) is 5.69 Å². The largest absolute Gasteiger partial charge is 0.494 e. The second kappa shape index (κ2) is 6.76. The number of hydrogen-bond acceptors (Lipinski definition) is 5. The zero-order valence-electron chi connectivity index (χ0n) is 12.6. The zero-order chi connectivity index (χ0) is 15.4. The molecule has 2 N–H and O–H groups in total. The summed E-state index contributed by atoms with van der Waals surface area (Å²) in [7, 11) is 1.98. The highest BCUT2D eigenvalue weighted by molar-refractivity contribution is 5.58. The molecule has 1 saturated carbocycles. The Bertz CT molecular complexity index is 499. The Morgan fingerprint density at radius 1 is 1.33 bits per heavy atom. The first-order valence-corrected chi connectivity index (χ1v) is 7.42.